The summed E-state index contributed by atoms with van der Waals surface area (Å²) in [6, 6.07) is -3.04. The molecule has 4 atom stereocenters. The van der Waals surface area contributed by atoms with Gasteiger partial charge in [0.05, 0.1) is 11.8 Å². The van der Waals surface area contributed by atoms with E-state index in [1.54, 1.807) is 34.6 Å². The molecule has 1 heterocycles. The van der Waals surface area contributed by atoms with E-state index in [0.717, 1.165) is 4.90 Å². The van der Waals surface area contributed by atoms with Crippen LogP contribution in [0, 0.1) is 10.8 Å². The zero-order chi connectivity index (χ0) is 30.1. The third kappa shape index (κ3) is 9.39. The Morgan fingerprint density at radius 1 is 1.21 bits per heavy atom. The van der Waals surface area contributed by atoms with Gasteiger partial charge in [0, 0.05) is 12.4 Å². The monoisotopic (exact) mass is 575 g/mol. The highest BCUT2D eigenvalue weighted by molar-refractivity contribution is 6.18. The van der Waals surface area contributed by atoms with Crippen LogP contribution in [-0.4, -0.2) is 87.7 Å². The standard InChI is InChI=1S/C24H42ClN7O7/c1-14(2)17(18(27)33)29-19(34)16-9-7-12-31(16)21(36)24(28,22(37)32(30-38)13-11-25)10-6-8-15(26)20(35)39-23(3,4)5/h14-17H,6-13,26,28H2,1-5H3,(H2,27,33)(H,29,34)/t15?,16-,17-,24-/m0/s1. The van der Waals surface area contributed by atoms with E-state index in [1.165, 1.54) is 0 Å². The molecule has 15 heteroatoms. The number of carbonyl (C=O) groups is 5. The molecule has 0 aromatic carbocycles. The number of nitrogens with one attached hydrogen (secondary N) is 1. The summed E-state index contributed by atoms with van der Waals surface area (Å²) in [6.45, 7) is 8.28. The quantitative estimate of drug-likeness (QED) is 0.0712. The number of hydrogen-bond acceptors (Lipinski definition) is 10. The van der Waals surface area contributed by atoms with Gasteiger partial charge in [0.25, 0.3) is 11.8 Å². The minimum Gasteiger partial charge on any atom is -0.459 e. The molecule has 1 aliphatic heterocycles. The molecular formula is C24H42ClN7O7. The van der Waals surface area contributed by atoms with Crippen molar-refractivity contribution in [2.24, 2.45) is 28.4 Å². The molecule has 0 radical (unpaired) electrons. The molecule has 14 nitrogen and oxygen atoms in total. The fourth-order valence-electron chi connectivity index (χ4n) is 4.25. The molecule has 0 aromatic heterocycles. The normalized spacial score (nSPS) is 18.6. The Balaban J connectivity index is 3.20. The number of alkyl halides is 1. The van der Waals surface area contributed by atoms with Crippen LogP contribution in [0.15, 0.2) is 5.29 Å². The molecule has 222 valence electrons. The van der Waals surface area contributed by atoms with Gasteiger partial charge in [0.2, 0.25) is 11.8 Å². The lowest BCUT2D eigenvalue weighted by atomic mass is 9.89. The third-order valence-corrected chi connectivity index (χ3v) is 6.44. The van der Waals surface area contributed by atoms with E-state index in [0.29, 0.717) is 11.4 Å². The average Bonchev–Trinajstić information content (AvgIpc) is 3.33. The number of esters is 1. The van der Waals surface area contributed by atoms with Crippen molar-refractivity contribution in [3.8, 4) is 0 Å². The highest BCUT2D eigenvalue weighted by atomic mass is 35.5. The zero-order valence-electron chi connectivity index (χ0n) is 23.3. The summed E-state index contributed by atoms with van der Waals surface area (Å²) in [5.41, 5.74) is 14.7. The first kappa shape index (κ1) is 34.2. The minimum atomic E-state index is -2.31. The van der Waals surface area contributed by atoms with Crippen LogP contribution in [0.3, 0.4) is 0 Å². The lowest BCUT2D eigenvalue weighted by molar-refractivity contribution is -0.156. The number of nitrogens with two attached hydrogens (primary N) is 3. The van der Waals surface area contributed by atoms with Crippen molar-refractivity contribution in [3.63, 3.8) is 0 Å². The predicted octanol–water partition coefficient (Wildman–Crippen LogP) is -0.111. The molecule has 1 unspecified atom stereocenters. The van der Waals surface area contributed by atoms with Gasteiger partial charge in [0.15, 0.2) is 5.54 Å². The molecule has 0 spiro atoms. The van der Waals surface area contributed by atoms with Gasteiger partial charge in [-0.15, -0.1) is 16.5 Å². The van der Waals surface area contributed by atoms with Crippen molar-refractivity contribution in [3.05, 3.63) is 4.91 Å². The highest BCUT2D eigenvalue weighted by Gasteiger charge is 2.50. The van der Waals surface area contributed by atoms with E-state index in [9.17, 15) is 28.9 Å². The topological polar surface area (TPSA) is 221 Å². The molecule has 0 bridgehead atoms. The second-order valence-electron chi connectivity index (χ2n) is 11.0. The number of ether oxygens (including phenoxy) is 1. The molecule has 0 saturated carbocycles. The highest BCUT2D eigenvalue weighted by Crippen LogP contribution is 2.26. The summed E-state index contributed by atoms with van der Waals surface area (Å²) >= 11 is 5.69. The van der Waals surface area contributed by atoms with Crippen LogP contribution >= 0.6 is 11.6 Å². The maximum Gasteiger partial charge on any atom is 0.323 e. The molecular weight excluding hydrogens is 534 g/mol. The van der Waals surface area contributed by atoms with Crippen molar-refractivity contribution in [1.82, 2.24) is 15.2 Å². The Morgan fingerprint density at radius 2 is 1.82 bits per heavy atom. The molecule has 7 N–H and O–H groups in total. The molecule has 1 aliphatic rings. The number of carbonyl (C=O) groups excluding carboxylic acids is 5. The molecule has 39 heavy (non-hydrogen) atoms. The molecule has 1 saturated heterocycles. The van der Waals surface area contributed by atoms with E-state index in [-0.39, 0.29) is 50.6 Å². The summed E-state index contributed by atoms with van der Waals surface area (Å²) < 4.78 is 5.26. The number of primary amides is 1. The molecule has 4 amide bonds. The Morgan fingerprint density at radius 3 is 2.31 bits per heavy atom. The number of likely N-dealkylation sites (tertiary alicyclic amines) is 1. The second-order valence-corrected chi connectivity index (χ2v) is 11.4. The molecule has 0 aromatic rings. The van der Waals surface area contributed by atoms with Gasteiger partial charge in [-0.3, -0.25) is 24.0 Å². The fraction of sp³-hybridized carbons (Fsp3) is 0.792. The number of halogens is 1. The number of hydrogen-bond donors (Lipinski definition) is 4. The minimum absolute atomic E-state index is 0.0248. The van der Waals surface area contributed by atoms with Crippen LogP contribution in [0.2, 0.25) is 0 Å². The zero-order valence-corrected chi connectivity index (χ0v) is 24.0. The summed E-state index contributed by atoms with van der Waals surface area (Å²) in [5, 5.41) is 5.70. The summed E-state index contributed by atoms with van der Waals surface area (Å²) in [7, 11) is 0. The smallest absolute Gasteiger partial charge is 0.323 e. The van der Waals surface area contributed by atoms with Crippen LogP contribution in [-0.2, 0) is 28.7 Å². The SMILES string of the molecule is CC(C)[C@H](NC(=O)[C@@H]1CCCN1C(=O)[C@@](N)(CCCC(N)C(=O)OC(C)(C)C)C(=O)N(CCCl)N=O)C(N)=O. The van der Waals surface area contributed by atoms with Gasteiger partial charge in [-0.1, -0.05) is 13.8 Å². The first-order valence-electron chi connectivity index (χ1n) is 12.9. The molecule has 0 aliphatic carbocycles. The Hall–Kier alpha value is -2.84. The van der Waals surface area contributed by atoms with Crippen molar-refractivity contribution in [2.45, 2.75) is 96.0 Å². The van der Waals surface area contributed by atoms with E-state index < -0.39 is 58.9 Å². The van der Waals surface area contributed by atoms with Crippen molar-refractivity contribution < 1.29 is 28.7 Å². The predicted molar refractivity (Wildman–Crippen MR) is 144 cm³/mol. The second kappa shape index (κ2) is 14.5. The van der Waals surface area contributed by atoms with E-state index in [2.05, 4.69) is 10.6 Å². The van der Waals surface area contributed by atoms with Crippen LogP contribution < -0.4 is 22.5 Å². The number of nitroso groups, excluding NO2 is 1. The third-order valence-electron chi connectivity index (χ3n) is 6.28. The van der Waals surface area contributed by atoms with Gasteiger partial charge in [-0.25, -0.2) is 0 Å². The summed E-state index contributed by atoms with van der Waals surface area (Å²) in [4.78, 5) is 76.7. The van der Waals surface area contributed by atoms with Gasteiger partial charge in [0.1, 0.15) is 23.7 Å². The van der Waals surface area contributed by atoms with Crippen molar-refractivity contribution in [2.75, 3.05) is 19.0 Å². The first-order valence-corrected chi connectivity index (χ1v) is 13.4. The van der Waals surface area contributed by atoms with Crippen molar-refractivity contribution in [1.29, 1.82) is 0 Å². The van der Waals surface area contributed by atoms with E-state index in [1.807, 2.05) is 0 Å². The maximum absolute atomic E-state index is 13.8. The van der Waals surface area contributed by atoms with Gasteiger partial charge >= 0.3 is 5.97 Å². The van der Waals surface area contributed by atoms with E-state index in [4.69, 9.17) is 33.5 Å². The van der Waals surface area contributed by atoms with Crippen molar-refractivity contribution >= 4 is 41.2 Å². The van der Waals surface area contributed by atoms with Gasteiger partial charge < -0.3 is 32.2 Å². The summed E-state index contributed by atoms with van der Waals surface area (Å²) in [5.74, 6) is -4.46. The lowest BCUT2D eigenvalue weighted by Crippen LogP contribution is -2.66. The Kier molecular flexibility index (Phi) is 12.7. The van der Waals surface area contributed by atoms with Crippen LogP contribution in [0.5, 0.6) is 0 Å². The maximum atomic E-state index is 13.8. The molecule has 1 fully saturated rings. The fourth-order valence-corrected chi connectivity index (χ4v) is 4.41. The van der Waals surface area contributed by atoms with Gasteiger partial charge in [-0.2, -0.15) is 5.01 Å². The number of amides is 4. The lowest BCUT2D eigenvalue weighted by Gasteiger charge is -2.35. The summed E-state index contributed by atoms with van der Waals surface area (Å²) in [6.07, 6.45) is 0.432. The van der Waals surface area contributed by atoms with Crippen LogP contribution in [0.4, 0.5) is 0 Å². The van der Waals surface area contributed by atoms with Crippen LogP contribution in [0.25, 0.3) is 0 Å². The Bertz CT molecular complexity index is 927. The first-order chi connectivity index (χ1) is 18.0. The van der Waals surface area contributed by atoms with Gasteiger partial charge in [-0.05, 0) is 58.8 Å². The Labute approximate surface area is 233 Å². The number of nitrogens with zero attached hydrogens (tertiary/aromatic N) is 3. The largest absolute Gasteiger partial charge is 0.459 e. The van der Waals surface area contributed by atoms with E-state index >= 15 is 0 Å². The van der Waals surface area contributed by atoms with Crippen LogP contribution in [0.1, 0.15) is 66.7 Å². The molecule has 1 rings (SSSR count). The number of rotatable bonds is 14. The average molecular weight is 576 g/mol.